The van der Waals surface area contributed by atoms with Crippen LogP contribution in [0, 0.1) is 0 Å². The molecule has 5 nitrogen and oxygen atoms in total. The lowest BCUT2D eigenvalue weighted by Crippen LogP contribution is -2.42. The van der Waals surface area contributed by atoms with Gasteiger partial charge in [-0.3, -0.25) is 0 Å². The van der Waals surface area contributed by atoms with Gasteiger partial charge in [-0.1, -0.05) is 31.9 Å². The van der Waals surface area contributed by atoms with Crippen molar-refractivity contribution in [1.29, 1.82) is 0 Å². The SMILES string of the molecule is CCC/C=C/CCCCCO[C@H](CO)[C@H]1OC[C@H](O)[C@H]1O. The van der Waals surface area contributed by atoms with Gasteiger partial charge in [0.05, 0.1) is 13.2 Å². The molecule has 0 aromatic heterocycles. The highest BCUT2D eigenvalue weighted by Crippen LogP contribution is 2.19. The van der Waals surface area contributed by atoms with Gasteiger partial charge in [-0.2, -0.15) is 0 Å². The van der Waals surface area contributed by atoms with Gasteiger partial charge in [0.1, 0.15) is 24.4 Å². The number of unbranched alkanes of at least 4 members (excludes halogenated alkanes) is 4. The number of ether oxygens (including phenoxy) is 2. The van der Waals surface area contributed by atoms with Crippen molar-refractivity contribution in [2.45, 2.75) is 69.9 Å². The predicted octanol–water partition coefficient (Wildman–Crippen LogP) is 1.40. The Balaban J connectivity index is 2.07. The third kappa shape index (κ3) is 6.89. The molecular formula is C16H30O5. The maximum atomic E-state index is 9.73. The predicted molar refractivity (Wildman–Crippen MR) is 81.1 cm³/mol. The zero-order valence-corrected chi connectivity index (χ0v) is 13.0. The zero-order chi connectivity index (χ0) is 15.5. The van der Waals surface area contributed by atoms with Gasteiger partial charge < -0.3 is 24.8 Å². The molecule has 1 fully saturated rings. The van der Waals surface area contributed by atoms with E-state index in [-0.39, 0.29) is 13.2 Å². The molecule has 21 heavy (non-hydrogen) atoms. The Bertz CT molecular complexity index is 282. The van der Waals surface area contributed by atoms with Crippen LogP contribution in [0.3, 0.4) is 0 Å². The topological polar surface area (TPSA) is 79.2 Å². The van der Waals surface area contributed by atoms with Crippen molar-refractivity contribution in [3.8, 4) is 0 Å². The Hall–Kier alpha value is -0.460. The van der Waals surface area contributed by atoms with Crippen LogP contribution in [0.5, 0.6) is 0 Å². The van der Waals surface area contributed by atoms with Crippen molar-refractivity contribution in [3.05, 3.63) is 12.2 Å². The summed E-state index contributed by atoms with van der Waals surface area (Å²) in [5, 5.41) is 28.5. The second-order valence-electron chi connectivity index (χ2n) is 5.56. The Morgan fingerprint density at radius 3 is 2.57 bits per heavy atom. The van der Waals surface area contributed by atoms with E-state index in [4.69, 9.17) is 9.47 Å². The summed E-state index contributed by atoms with van der Waals surface area (Å²) in [5.74, 6) is 0. The minimum atomic E-state index is -0.981. The fourth-order valence-electron chi connectivity index (χ4n) is 2.38. The molecule has 0 bridgehead atoms. The van der Waals surface area contributed by atoms with Crippen LogP contribution in [0.25, 0.3) is 0 Å². The number of hydrogen-bond donors (Lipinski definition) is 3. The van der Waals surface area contributed by atoms with Gasteiger partial charge in [-0.15, -0.1) is 0 Å². The molecule has 0 aliphatic carbocycles. The fourth-order valence-corrected chi connectivity index (χ4v) is 2.38. The summed E-state index contributed by atoms with van der Waals surface area (Å²) in [6.45, 7) is 2.58. The molecule has 4 atom stereocenters. The van der Waals surface area contributed by atoms with Gasteiger partial charge in [-0.25, -0.2) is 0 Å². The Morgan fingerprint density at radius 2 is 1.95 bits per heavy atom. The lowest BCUT2D eigenvalue weighted by Gasteiger charge is -2.24. The Labute approximate surface area is 127 Å². The van der Waals surface area contributed by atoms with Crippen LogP contribution in [0.4, 0.5) is 0 Å². The van der Waals surface area contributed by atoms with Crippen LogP contribution in [-0.2, 0) is 9.47 Å². The molecule has 0 aromatic carbocycles. The van der Waals surface area contributed by atoms with Crippen LogP contribution in [0.2, 0.25) is 0 Å². The summed E-state index contributed by atoms with van der Waals surface area (Å²) in [6, 6.07) is 0. The van der Waals surface area contributed by atoms with Crippen molar-refractivity contribution in [3.63, 3.8) is 0 Å². The maximum absolute atomic E-state index is 9.73. The van der Waals surface area contributed by atoms with E-state index in [1.165, 1.54) is 6.42 Å². The molecular weight excluding hydrogens is 272 g/mol. The van der Waals surface area contributed by atoms with Crippen LogP contribution in [0.15, 0.2) is 12.2 Å². The van der Waals surface area contributed by atoms with E-state index in [2.05, 4.69) is 19.1 Å². The maximum Gasteiger partial charge on any atom is 0.114 e. The molecule has 1 aliphatic rings. The number of aliphatic hydroxyl groups excluding tert-OH is 3. The molecule has 1 rings (SSSR count). The van der Waals surface area contributed by atoms with Gasteiger partial charge in [-0.05, 0) is 25.7 Å². The molecule has 0 amide bonds. The average molecular weight is 302 g/mol. The Kier molecular flexibility index (Phi) is 9.87. The van der Waals surface area contributed by atoms with E-state index in [0.29, 0.717) is 6.61 Å². The number of hydrogen-bond acceptors (Lipinski definition) is 5. The number of allylic oxidation sites excluding steroid dienone is 2. The number of rotatable bonds is 11. The van der Waals surface area contributed by atoms with E-state index in [9.17, 15) is 15.3 Å². The van der Waals surface area contributed by atoms with E-state index in [1.807, 2.05) is 0 Å². The van der Waals surface area contributed by atoms with Gasteiger partial charge in [0.15, 0.2) is 0 Å². The van der Waals surface area contributed by atoms with Crippen molar-refractivity contribution < 1.29 is 24.8 Å². The van der Waals surface area contributed by atoms with Crippen molar-refractivity contribution in [1.82, 2.24) is 0 Å². The molecule has 124 valence electrons. The third-order valence-corrected chi connectivity index (χ3v) is 3.71. The summed E-state index contributed by atoms with van der Waals surface area (Å²) < 4.78 is 10.8. The second-order valence-corrected chi connectivity index (χ2v) is 5.56. The summed E-state index contributed by atoms with van der Waals surface area (Å²) in [5.41, 5.74) is 0. The molecule has 0 saturated carbocycles. The van der Waals surface area contributed by atoms with E-state index in [1.54, 1.807) is 0 Å². The lowest BCUT2D eigenvalue weighted by molar-refractivity contribution is -0.101. The smallest absolute Gasteiger partial charge is 0.114 e. The first-order valence-electron chi connectivity index (χ1n) is 8.05. The summed E-state index contributed by atoms with van der Waals surface area (Å²) in [7, 11) is 0. The largest absolute Gasteiger partial charge is 0.394 e. The number of aliphatic hydroxyl groups is 3. The first-order valence-corrected chi connectivity index (χ1v) is 8.05. The molecule has 0 unspecified atom stereocenters. The molecule has 1 heterocycles. The van der Waals surface area contributed by atoms with Crippen LogP contribution in [-0.4, -0.2) is 59.6 Å². The van der Waals surface area contributed by atoms with E-state index < -0.39 is 24.4 Å². The fraction of sp³-hybridized carbons (Fsp3) is 0.875. The highest BCUT2D eigenvalue weighted by Gasteiger charge is 2.40. The van der Waals surface area contributed by atoms with Crippen molar-refractivity contribution in [2.75, 3.05) is 19.8 Å². The normalized spacial score (nSPS) is 27.5. The first kappa shape index (κ1) is 18.6. The summed E-state index contributed by atoms with van der Waals surface area (Å²) >= 11 is 0. The second kappa shape index (κ2) is 11.2. The van der Waals surface area contributed by atoms with Crippen molar-refractivity contribution >= 4 is 0 Å². The molecule has 0 aromatic rings. The Morgan fingerprint density at radius 1 is 1.19 bits per heavy atom. The molecule has 0 radical (unpaired) electrons. The minimum Gasteiger partial charge on any atom is -0.394 e. The van der Waals surface area contributed by atoms with Gasteiger partial charge in [0, 0.05) is 6.61 Å². The van der Waals surface area contributed by atoms with Crippen LogP contribution < -0.4 is 0 Å². The van der Waals surface area contributed by atoms with Crippen LogP contribution >= 0.6 is 0 Å². The van der Waals surface area contributed by atoms with Crippen molar-refractivity contribution in [2.24, 2.45) is 0 Å². The quantitative estimate of drug-likeness (QED) is 0.397. The van der Waals surface area contributed by atoms with Crippen LogP contribution in [0.1, 0.15) is 45.4 Å². The summed E-state index contributed by atoms with van der Waals surface area (Å²) in [4.78, 5) is 0. The standard InChI is InChI=1S/C16H30O5/c1-2-3-4-5-6-7-8-9-10-20-14(11-17)16-15(19)13(18)12-21-16/h4-5,13-19H,2-3,6-12H2,1H3/b5-4+/t13-,14+,15+,16+/m0/s1. The zero-order valence-electron chi connectivity index (χ0n) is 13.0. The monoisotopic (exact) mass is 302 g/mol. The molecule has 1 saturated heterocycles. The van der Waals surface area contributed by atoms with E-state index in [0.717, 1.165) is 32.1 Å². The summed E-state index contributed by atoms with van der Waals surface area (Å²) in [6.07, 6.45) is 7.95. The molecule has 1 aliphatic heterocycles. The average Bonchev–Trinajstić information content (AvgIpc) is 2.82. The highest BCUT2D eigenvalue weighted by molar-refractivity contribution is 4.88. The first-order chi connectivity index (χ1) is 10.2. The van der Waals surface area contributed by atoms with Gasteiger partial charge >= 0.3 is 0 Å². The molecule has 3 N–H and O–H groups in total. The van der Waals surface area contributed by atoms with Gasteiger partial charge in [0.2, 0.25) is 0 Å². The molecule has 5 heteroatoms. The van der Waals surface area contributed by atoms with E-state index >= 15 is 0 Å². The third-order valence-electron chi connectivity index (χ3n) is 3.71. The highest BCUT2D eigenvalue weighted by atomic mass is 16.6. The minimum absolute atomic E-state index is 0.0930. The van der Waals surface area contributed by atoms with Gasteiger partial charge in [0.25, 0.3) is 0 Å². The lowest BCUT2D eigenvalue weighted by atomic mass is 10.1. The molecule has 0 spiro atoms.